The van der Waals surface area contributed by atoms with Crippen LogP contribution in [0.15, 0.2) is 54.7 Å². The number of aromatic amines is 1. The summed E-state index contributed by atoms with van der Waals surface area (Å²) in [5.41, 5.74) is 2.29. The van der Waals surface area contributed by atoms with Crippen LogP contribution >= 0.6 is 0 Å². The fraction of sp³-hybridized carbons (Fsp3) is 0.286. The summed E-state index contributed by atoms with van der Waals surface area (Å²) in [6.07, 6.45) is 3.90. The summed E-state index contributed by atoms with van der Waals surface area (Å²) in [7, 11) is 0. The van der Waals surface area contributed by atoms with Crippen molar-refractivity contribution < 1.29 is 14.3 Å². The van der Waals surface area contributed by atoms with Gasteiger partial charge in [-0.25, -0.2) is 0 Å². The van der Waals surface area contributed by atoms with Crippen molar-refractivity contribution in [2.24, 2.45) is 0 Å². The quantitative estimate of drug-likeness (QED) is 0.716. The molecule has 0 spiro atoms. The first-order valence-corrected chi connectivity index (χ1v) is 9.00. The minimum Gasteiger partial charge on any atom is -0.486 e. The van der Waals surface area contributed by atoms with Gasteiger partial charge in [0, 0.05) is 36.5 Å². The molecule has 1 aromatic heterocycles. The highest BCUT2D eigenvalue weighted by atomic mass is 16.6. The van der Waals surface area contributed by atoms with Crippen molar-refractivity contribution in [3.05, 3.63) is 60.3 Å². The molecular formula is C21H22N2O3. The van der Waals surface area contributed by atoms with E-state index in [-0.39, 0.29) is 12.0 Å². The molecule has 0 saturated heterocycles. The van der Waals surface area contributed by atoms with Crippen molar-refractivity contribution in [2.75, 3.05) is 13.2 Å². The molecule has 0 saturated carbocycles. The number of amides is 1. The van der Waals surface area contributed by atoms with Crippen LogP contribution in [0.2, 0.25) is 0 Å². The monoisotopic (exact) mass is 350 g/mol. The smallest absolute Gasteiger partial charge is 0.220 e. The van der Waals surface area contributed by atoms with Gasteiger partial charge in [0.05, 0.1) is 0 Å². The zero-order valence-electron chi connectivity index (χ0n) is 14.5. The fourth-order valence-corrected chi connectivity index (χ4v) is 3.25. The summed E-state index contributed by atoms with van der Waals surface area (Å²) in [5.74, 6) is 1.62. The maximum Gasteiger partial charge on any atom is 0.220 e. The van der Waals surface area contributed by atoms with Crippen LogP contribution in [0.1, 0.15) is 18.4 Å². The Bertz CT molecular complexity index is 903. The highest BCUT2D eigenvalue weighted by Crippen LogP contribution is 2.31. The number of nitrogens with one attached hydrogen (secondary N) is 2. The molecule has 0 fully saturated rings. The first-order chi connectivity index (χ1) is 12.8. The van der Waals surface area contributed by atoms with Crippen molar-refractivity contribution in [2.45, 2.75) is 25.4 Å². The molecule has 1 aliphatic heterocycles. The van der Waals surface area contributed by atoms with Gasteiger partial charge in [-0.2, -0.15) is 0 Å². The van der Waals surface area contributed by atoms with E-state index in [1.165, 1.54) is 10.9 Å². The molecule has 2 heterocycles. The Morgan fingerprint density at radius 2 is 1.92 bits per heavy atom. The average molecular weight is 350 g/mol. The van der Waals surface area contributed by atoms with Crippen LogP contribution in [-0.2, 0) is 11.2 Å². The van der Waals surface area contributed by atoms with E-state index in [2.05, 4.69) is 16.4 Å². The minimum atomic E-state index is -0.0289. The first-order valence-electron chi connectivity index (χ1n) is 9.00. The Balaban J connectivity index is 1.21. The molecule has 0 radical (unpaired) electrons. The van der Waals surface area contributed by atoms with Crippen molar-refractivity contribution in [1.82, 2.24) is 10.3 Å². The number of carbonyl (C=O) groups excluding carboxylic acids is 1. The third-order valence-electron chi connectivity index (χ3n) is 4.65. The summed E-state index contributed by atoms with van der Waals surface area (Å²) in [4.78, 5) is 15.4. The van der Waals surface area contributed by atoms with Crippen LogP contribution in [0.3, 0.4) is 0 Å². The number of ether oxygens (including phenoxy) is 2. The lowest BCUT2D eigenvalue weighted by molar-refractivity contribution is -0.121. The van der Waals surface area contributed by atoms with Gasteiger partial charge in [-0.15, -0.1) is 0 Å². The summed E-state index contributed by atoms with van der Waals surface area (Å²) >= 11 is 0. The van der Waals surface area contributed by atoms with Gasteiger partial charge in [0.25, 0.3) is 0 Å². The van der Waals surface area contributed by atoms with Gasteiger partial charge in [0.1, 0.15) is 12.7 Å². The number of para-hydroxylation sites is 3. The van der Waals surface area contributed by atoms with Crippen molar-refractivity contribution in [3.63, 3.8) is 0 Å². The van der Waals surface area contributed by atoms with Crippen molar-refractivity contribution in [1.29, 1.82) is 0 Å². The number of aromatic nitrogens is 1. The molecule has 5 heteroatoms. The van der Waals surface area contributed by atoms with E-state index >= 15 is 0 Å². The molecule has 1 atom stereocenters. The van der Waals surface area contributed by atoms with Crippen LogP contribution in [0.4, 0.5) is 0 Å². The Hall–Kier alpha value is -2.95. The van der Waals surface area contributed by atoms with Crippen LogP contribution < -0.4 is 14.8 Å². The van der Waals surface area contributed by atoms with Crippen molar-refractivity contribution in [3.8, 4) is 11.5 Å². The lowest BCUT2D eigenvalue weighted by atomic mass is 10.1. The van der Waals surface area contributed by atoms with Gasteiger partial charge >= 0.3 is 0 Å². The number of carbonyl (C=O) groups is 1. The molecular weight excluding hydrogens is 328 g/mol. The number of hydrogen-bond donors (Lipinski definition) is 2. The Morgan fingerprint density at radius 1 is 1.12 bits per heavy atom. The Morgan fingerprint density at radius 3 is 2.85 bits per heavy atom. The van der Waals surface area contributed by atoms with E-state index in [4.69, 9.17) is 9.47 Å². The standard InChI is InChI=1S/C21H22N2O3/c24-21(10-9-15-13-23-18-6-2-1-5-17(15)18)22-12-11-16-14-25-19-7-3-4-8-20(19)26-16/h1-8,13,16,23H,9-12,14H2,(H,22,24)/t16-/m1/s1. The average Bonchev–Trinajstić information content (AvgIpc) is 3.09. The number of benzene rings is 2. The molecule has 3 aromatic rings. The summed E-state index contributed by atoms with van der Waals surface area (Å²) in [6.45, 7) is 1.10. The molecule has 26 heavy (non-hydrogen) atoms. The Labute approximate surface area is 152 Å². The van der Waals surface area contributed by atoms with E-state index in [0.29, 0.717) is 19.6 Å². The number of H-pyrrole nitrogens is 1. The zero-order chi connectivity index (χ0) is 17.8. The van der Waals surface area contributed by atoms with Crippen LogP contribution in [0.25, 0.3) is 10.9 Å². The van der Waals surface area contributed by atoms with Gasteiger partial charge in [-0.3, -0.25) is 4.79 Å². The van der Waals surface area contributed by atoms with E-state index in [0.717, 1.165) is 29.9 Å². The lowest BCUT2D eigenvalue weighted by Crippen LogP contribution is -2.34. The third kappa shape index (κ3) is 3.67. The topological polar surface area (TPSA) is 63.4 Å². The molecule has 4 rings (SSSR count). The van der Waals surface area contributed by atoms with Gasteiger partial charge < -0.3 is 19.8 Å². The molecule has 5 nitrogen and oxygen atoms in total. The van der Waals surface area contributed by atoms with E-state index in [1.54, 1.807) is 0 Å². The molecule has 0 bridgehead atoms. The third-order valence-corrected chi connectivity index (χ3v) is 4.65. The first kappa shape index (κ1) is 16.5. The summed E-state index contributed by atoms with van der Waals surface area (Å²) in [5, 5.41) is 4.17. The zero-order valence-corrected chi connectivity index (χ0v) is 14.5. The second-order valence-corrected chi connectivity index (χ2v) is 6.50. The molecule has 0 aliphatic carbocycles. The van der Waals surface area contributed by atoms with Crippen LogP contribution in [0.5, 0.6) is 11.5 Å². The lowest BCUT2D eigenvalue weighted by Gasteiger charge is -2.26. The van der Waals surface area contributed by atoms with E-state index in [9.17, 15) is 4.79 Å². The number of fused-ring (bicyclic) bond motifs is 2. The SMILES string of the molecule is O=C(CCc1c[nH]c2ccccc12)NCC[C@@H]1COc2ccccc2O1. The highest BCUT2D eigenvalue weighted by Gasteiger charge is 2.20. The van der Waals surface area contributed by atoms with Gasteiger partial charge in [-0.05, 0) is 30.2 Å². The van der Waals surface area contributed by atoms with Gasteiger partial charge in [-0.1, -0.05) is 30.3 Å². The Kier molecular flexibility index (Phi) is 4.78. The fourth-order valence-electron chi connectivity index (χ4n) is 3.25. The summed E-state index contributed by atoms with van der Waals surface area (Å²) < 4.78 is 11.6. The number of aryl methyl sites for hydroxylation is 1. The largest absolute Gasteiger partial charge is 0.486 e. The predicted molar refractivity (Wildman–Crippen MR) is 101 cm³/mol. The minimum absolute atomic E-state index is 0.0289. The predicted octanol–water partition coefficient (Wildman–Crippen LogP) is 3.45. The van der Waals surface area contributed by atoms with Gasteiger partial charge in [0.15, 0.2) is 11.5 Å². The maximum atomic E-state index is 12.1. The molecule has 2 aromatic carbocycles. The number of rotatable bonds is 6. The second kappa shape index (κ2) is 7.52. The normalized spacial score (nSPS) is 15.8. The van der Waals surface area contributed by atoms with Gasteiger partial charge in [0.2, 0.25) is 5.91 Å². The van der Waals surface area contributed by atoms with E-state index < -0.39 is 0 Å². The molecule has 1 amide bonds. The summed E-state index contributed by atoms with van der Waals surface area (Å²) in [6, 6.07) is 15.8. The molecule has 1 aliphatic rings. The molecule has 134 valence electrons. The van der Waals surface area contributed by atoms with E-state index in [1.807, 2.05) is 48.7 Å². The highest BCUT2D eigenvalue weighted by molar-refractivity contribution is 5.84. The molecule has 0 unspecified atom stereocenters. The van der Waals surface area contributed by atoms with Crippen molar-refractivity contribution >= 4 is 16.8 Å². The van der Waals surface area contributed by atoms with Crippen LogP contribution in [0, 0.1) is 0 Å². The van der Waals surface area contributed by atoms with Crippen LogP contribution in [-0.4, -0.2) is 30.1 Å². The molecule has 2 N–H and O–H groups in total. The number of hydrogen-bond acceptors (Lipinski definition) is 3. The maximum absolute atomic E-state index is 12.1. The second-order valence-electron chi connectivity index (χ2n) is 6.50.